The highest BCUT2D eigenvalue weighted by Crippen LogP contribution is 2.40. The molecule has 0 bridgehead atoms. The number of halogens is 1. The molecule has 5 nitrogen and oxygen atoms in total. The number of aromatic hydroxyl groups is 1. The Morgan fingerprint density at radius 3 is 2.95 bits per heavy atom. The number of phenolic OH excluding ortho intramolecular Hbond substituents is 1. The van der Waals surface area contributed by atoms with Crippen molar-refractivity contribution >= 4 is 33.7 Å². The Balaban J connectivity index is 2.26. The topological polar surface area (TPSA) is 78.8 Å². The molecule has 1 aromatic carbocycles. The third-order valence-electron chi connectivity index (χ3n) is 2.92. The summed E-state index contributed by atoms with van der Waals surface area (Å²) in [6.07, 6.45) is 0.604. The Morgan fingerprint density at radius 2 is 2.32 bits per heavy atom. The van der Waals surface area contributed by atoms with Crippen LogP contribution in [0.4, 0.5) is 0 Å². The fourth-order valence-corrected chi connectivity index (χ4v) is 3.56. The maximum absolute atomic E-state index is 11.0. The van der Waals surface area contributed by atoms with Gasteiger partial charge in [-0.1, -0.05) is 0 Å². The average Bonchev–Trinajstić information content (AvgIpc) is 2.41. The van der Waals surface area contributed by atoms with Crippen molar-refractivity contribution in [1.82, 2.24) is 5.32 Å². The second-order valence-electron chi connectivity index (χ2n) is 4.15. The van der Waals surface area contributed by atoms with E-state index in [1.807, 2.05) is 0 Å². The number of thioether (sulfide) groups is 1. The largest absolute Gasteiger partial charge is 0.503 e. The molecule has 7 heteroatoms. The average molecular weight is 348 g/mol. The first-order valence-corrected chi connectivity index (χ1v) is 7.54. The number of hydrogen-bond acceptors (Lipinski definition) is 5. The number of rotatable bonds is 3. The van der Waals surface area contributed by atoms with Crippen molar-refractivity contribution in [3.63, 3.8) is 0 Å². The molecular weight excluding hydrogens is 334 g/mol. The van der Waals surface area contributed by atoms with Crippen molar-refractivity contribution in [1.29, 1.82) is 0 Å². The molecule has 1 fully saturated rings. The molecule has 0 aliphatic carbocycles. The van der Waals surface area contributed by atoms with E-state index in [1.54, 1.807) is 23.9 Å². The van der Waals surface area contributed by atoms with Crippen LogP contribution in [-0.2, 0) is 4.79 Å². The summed E-state index contributed by atoms with van der Waals surface area (Å²) >= 11 is 4.90. The lowest BCUT2D eigenvalue weighted by molar-refractivity contribution is -0.139. The highest BCUT2D eigenvalue weighted by molar-refractivity contribution is 9.10. The van der Waals surface area contributed by atoms with Gasteiger partial charge in [0.25, 0.3) is 0 Å². The molecule has 0 saturated carbocycles. The van der Waals surface area contributed by atoms with Gasteiger partial charge in [-0.15, -0.1) is 11.8 Å². The number of aliphatic carboxylic acids is 1. The zero-order valence-electron chi connectivity index (χ0n) is 10.2. The van der Waals surface area contributed by atoms with Gasteiger partial charge in [-0.2, -0.15) is 0 Å². The van der Waals surface area contributed by atoms with Crippen LogP contribution in [0.15, 0.2) is 16.6 Å². The lowest BCUT2D eigenvalue weighted by Gasteiger charge is -2.28. The summed E-state index contributed by atoms with van der Waals surface area (Å²) in [5.41, 5.74) is 0.873. The van der Waals surface area contributed by atoms with Crippen molar-refractivity contribution in [2.45, 2.75) is 17.8 Å². The van der Waals surface area contributed by atoms with Crippen LogP contribution in [0.5, 0.6) is 11.5 Å². The van der Waals surface area contributed by atoms with Gasteiger partial charge >= 0.3 is 5.97 Å². The van der Waals surface area contributed by atoms with Gasteiger partial charge in [0.05, 0.1) is 17.0 Å². The molecule has 104 valence electrons. The zero-order valence-corrected chi connectivity index (χ0v) is 12.6. The maximum atomic E-state index is 11.0. The third-order valence-corrected chi connectivity index (χ3v) is 4.73. The van der Waals surface area contributed by atoms with Gasteiger partial charge in [0.1, 0.15) is 6.04 Å². The van der Waals surface area contributed by atoms with Crippen LogP contribution in [-0.4, -0.2) is 35.1 Å². The number of hydrogen-bond donors (Lipinski definition) is 3. The van der Waals surface area contributed by atoms with E-state index in [4.69, 9.17) is 9.84 Å². The fourth-order valence-electron chi connectivity index (χ4n) is 1.91. The number of carbonyl (C=O) groups is 1. The molecule has 0 radical (unpaired) electrons. The van der Waals surface area contributed by atoms with E-state index in [9.17, 15) is 9.90 Å². The van der Waals surface area contributed by atoms with Crippen LogP contribution in [0.3, 0.4) is 0 Å². The van der Waals surface area contributed by atoms with Crippen LogP contribution in [0, 0.1) is 0 Å². The van der Waals surface area contributed by atoms with Gasteiger partial charge in [0.15, 0.2) is 11.5 Å². The minimum Gasteiger partial charge on any atom is -0.503 e. The molecule has 1 aliphatic heterocycles. The predicted octanol–water partition coefficient (Wildman–Crippen LogP) is 2.34. The van der Waals surface area contributed by atoms with Crippen molar-refractivity contribution in [2.75, 3.05) is 12.9 Å². The maximum Gasteiger partial charge on any atom is 0.320 e. The second-order valence-corrected chi connectivity index (χ2v) is 6.22. The zero-order chi connectivity index (χ0) is 14.0. The molecule has 1 heterocycles. The monoisotopic (exact) mass is 347 g/mol. The van der Waals surface area contributed by atoms with Gasteiger partial charge in [-0.05, 0) is 45.8 Å². The van der Waals surface area contributed by atoms with E-state index in [0.717, 1.165) is 11.3 Å². The van der Waals surface area contributed by atoms with Gasteiger partial charge in [-0.3, -0.25) is 10.1 Å². The second kappa shape index (κ2) is 6.02. The molecule has 19 heavy (non-hydrogen) atoms. The van der Waals surface area contributed by atoms with Crippen LogP contribution in [0.1, 0.15) is 17.4 Å². The van der Waals surface area contributed by atoms with Crippen molar-refractivity contribution < 1.29 is 19.7 Å². The molecule has 1 saturated heterocycles. The van der Waals surface area contributed by atoms with E-state index >= 15 is 0 Å². The quantitative estimate of drug-likeness (QED) is 0.778. The number of carboxylic acid groups (broad SMARTS) is 1. The van der Waals surface area contributed by atoms with Crippen molar-refractivity contribution in [3.8, 4) is 11.5 Å². The standard InChI is InChI=1S/C12H14BrNO4S/c1-18-9-5-6(4-7(13)10(9)15)11-14-8(12(16)17)2-3-19-11/h4-5,8,11,14-15H,2-3H2,1H3,(H,16,17). The summed E-state index contributed by atoms with van der Waals surface area (Å²) in [4.78, 5) is 11.0. The highest BCUT2D eigenvalue weighted by atomic mass is 79.9. The SMILES string of the molecule is COc1cc(C2NC(C(=O)O)CCS2)cc(Br)c1O. The molecule has 1 aliphatic rings. The molecular formula is C12H14BrNO4S. The van der Waals surface area contributed by atoms with E-state index in [-0.39, 0.29) is 11.1 Å². The first-order valence-electron chi connectivity index (χ1n) is 5.69. The molecule has 1 aromatic rings. The summed E-state index contributed by atoms with van der Waals surface area (Å²) in [6, 6.07) is 2.95. The Labute approximate surface area is 123 Å². The van der Waals surface area contributed by atoms with Gasteiger partial charge < -0.3 is 14.9 Å². The summed E-state index contributed by atoms with van der Waals surface area (Å²) < 4.78 is 5.63. The van der Waals surface area contributed by atoms with Crippen molar-refractivity contribution in [2.24, 2.45) is 0 Å². The number of methoxy groups -OCH3 is 1. The number of benzene rings is 1. The predicted molar refractivity (Wildman–Crippen MR) is 76.7 cm³/mol. The van der Waals surface area contributed by atoms with Gasteiger partial charge in [0, 0.05) is 0 Å². The molecule has 0 aromatic heterocycles. The van der Waals surface area contributed by atoms with E-state index in [0.29, 0.717) is 16.6 Å². The van der Waals surface area contributed by atoms with E-state index < -0.39 is 12.0 Å². The summed E-state index contributed by atoms with van der Waals surface area (Å²) in [5, 5.41) is 21.8. The van der Waals surface area contributed by atoms with Crippen LogP contribution in [0.2, 0.25) is 0 Å². The summed E-state index contributed by atoms with van der Waals surface area (Å²) in [5.74, 6) is 0.344. The Bertz CT molecular complexity index is 497. The number of nitrogens with one attached hydrogen (secondary N) is 1. The van der Waals surface area contributed by atoms with Crippen LogP contribution >= 0.6 is 27.7 Å². The fraction of sp³-hybridized carbons (Fsp3) is 0.417. The lowest BCUT2D eigenvalue weighted by Crippen LogP contribution is -2.41. The molecule has 0 spiro atoms. The normalized spacial score (nSPS) is 23.1. The first-order chi connectivity index (χ1) is 9.02. The first kappa shape index (κ1) is 14.5. The van der Waals surface area contributed by atoms with Crippen molar-refractivity contribution in [3.05, 3.63) is 22.2 Å². The minimum atomic E-state index is -0.838. The smallest absolute Gasteiger partial charge is 0.320 e. The summed E-state index contributed by atoms with van der Waals surface area (Å²) in [7, 11) is 1.48. The van der Waals surface area contributed by atoms with E-state index in [1.165, 1.54) is 7.11 Å². The Kier molecular flexibility index (Phi) is 4.59. The summed E-state index contributed by atoms with van der Waals surface area (Å²) in [6.45, 7) is 0. The van der Waals surface area contributed by atoms with Crippen LogP contribution in [0.25, 0.3) is 0 Å². The van der Waals surface area contributed by atoms with E-state index in [2.05, 4.69) is 21.2 Å². The lowest BCUT2D eigenvalue weighted by atomic mass is 10.1. The van der Waals surface area contributed by atoms with Crippen LogP contribution < -0.4 is 10.1 Å². The minimum absolute atomic E-state index is 0.0434. The Morgan fingerprint density at radius 1 is 1.58 bits per heavy atom. The number of carboxylic acids is 1. The Hall–Kier alpha value is -0.920. The number of phenols is 1. The third kappa shape index (κ3) is 3.16. The molecule has 2 unspecified atom stereocenters. The molecule has 2 rings (SSSR count). The van der Waals surface area contributed by atoms with Gasteiger partial charge in [0.2, 0.25) is 0 Å². The molecule has 3 N–H and O–H groups in total. The molecule has 0 amide bonds. The highest BCUT2D eigenvalue weighted by Gasteiger charge is 2.28. The molecule has 2 atom stereocenters. The van der Waals surface area contributed by atoms with Gasteiger partial charge in [-0.25, -0.2) is 0 Å². The number of ether oxygens (including phenoxy) is 1.